The van der Waals surface area contributed by atoms with Crippen LogP contribution in [0.3, 0.4) is 0 Å². The second kappa shape index (κ2) is 104. The highest BCUT2D eigenvalue weighted by Gasteiger charge is 1.88. The van der Waals surface area contributed by atoms with E-state index in [1.165, 1.54) is 26.9 Å². The van der Waals surface area contributed by atoms with E-state index in [0.29, 0.717) is 6.54 Å². The first-order valence-corrected chi connectivity index (χ1v) is 29.8. The maximum Gasteiger partial charge on any atom is 0.119 e. The molecule has 80 heavy (non-hydrogen) atoms. The Labute approximate surface area is 496 Å². The minimum Gasteiger partial charge on any atom is -0.323 e. The highest BCUT2D eigenvalue weighted by atomic mass is 15.4. The fourth-order valence-corrected chi connectivity index (χ4v) is 4.31. The van der Waals surface area contributed by atoms with E-state index in [1.54, 1.807) is 35.8 Å². The second-order valence-electron chi connectivity index (χ2n) is 10.8. The number of hydrogen-bond donors (Lipinski definition) is 0. The number of para-hydroxylation sites is 1. The molecule has 0 aliphatic carbocycles. The Bertz CT molecular complexity index is 1840. The average molecular weight is 1100 g/mol. The summed E-state index contributed by atoms with van der Waals surface area (Å²) in [5.41, 5.74) is 1.06. The van der Waals surface area contributed by atoms with Crippen molar-refractivity contribution in [2.75, 3.05) is 6.54 Å². The summed E-state index contributed by atoms with van der Waals surface area (Å²) in [5, 5.41) is 23.5. The first-order chi connectivity index (χ1) is 39.3. The monoisotopic (exact) mass is 1100 g/mol. The van der Waals surface area contributed by atoms with Gasteiger partial charge >= 0.3 is 0 Å². The van der Waals surface area contributed by atoms with Gasteiger partial charge in [0.05, 0.1) is 18.3 Å². The number of hydrogen-bond acceptors (Lipinski definition) is 8. The average Bonchev–Trinajstić information content (AvgIpc) is 4.37. The van der Waals surface area contributed by atoms with E-state index in [2.05, 4.69) is 113 Å². The topological polar surface area (TPSA) is 106 Å². The van der Waals surface area contributed by atoms with E-state index in [4.69, 9.17) is 0 Å². The number of benzene rings is 5. The maximum atomic E-state index is 4.18. The van der Waals surface area contributed by atoms with Crippen molar-refractivity contribution in [1.82, 2.24) is 29.7 Å². The van der Waals surface area contributed by atoms with Crippen LogP contribution in [-0.2, 0) is 7.05 Å². The zero-order chi connectivity index (χ0) is 62.9. The molecule has 452 valence electrons. The first kappa shape index (κ1) is 98.2. The van der Waals surface area contributed by atoms with Gasteiger partial charge < -0.3 is 4.57 Å². The highest BCUT2D eigenvalue weighted by Crippen LogP contribution is 2.12. The van der Waals surface area contributed by atoms with Gasteiger partial charge in [-0.3, -0.25) is 15.0 Å². The van der Waals surface area contributed by atoms with Crippen molar-refractivity contribution in [3.63, 3.8) is 0 Å². The van der Waals surface area contributed by atoms with Gasteiger partial charge in [0.25, 0.3) is 0 Å². The molecule has 1 aliphatic rings. The molecule has 9 aromatic rings. The van der Waals surface area contributed by atoms with Gasteiger partial charge in [-0.1, -0.05) is 327 Å². The Hall–Kier alpha value is -7.26. The Morgan fingerprint density at radius 2 is 0.637 bits per heavy atom. The van der Waals surface area contributed by atoms with Crippen molar-refractivity contribution in [2.24, 2.45) is 22.5 Å². The minimum atomic E-state index is 0. The van der Waals surface area contributed by atoms with Gasteiger partial charge in [0.15, 0.2) is 0 Å². The van der Waals surface area contributed by atoms with Gasteiger partial charge in [0.1, 0.15) is 12.7 Å². The van der Waals surface area contributed by atoms with Crippen LogP contribution in [0.5, 0.6) is 0 Å². The first-order valence-electron chi connectivity index (χ1n) is 29.8. The lowest BCUT2D eigenvalue weighted by molar-refractivity contribution is 0.910. The molecule has 0 unspecified atom stereocenters. The molecule has 0 saturated heterocycles. The largest absolute Gasteiger partial charge is 0.323 e. The number of pyridine rings is 3. The maximum absolute atomic E-state index is 4.18. The highest BCUT2D eigenvalue weighted by molar-refractivity contribution is 5.82. The van der Waals surface area contributed by atoms with Gasteiger partial charge in [-0.05, 0) is 57.1 Å². The molecular weight excluding hydrogens is 979 g/mol. The summed E-state index contributed by atoms with van der Waals surface area (Å²) in [4.78, 5) is 12.0. The van der Waals surface area contributed by atoms with Crippen LogP contribution in [0.25, 0.3) is 32.4 Å². The zero-order valence-corrected chi connectivity index (χ0v) is 55.5. The predicted molar refractivity (Wildman–Crippen MR) is 372 cm³/mol. The van der Waals surface area contributed by atoms with Crippen LogP contribution in [0.15, 0.2) is 229 Å². The zero-order valence-electron chi connectivity index (χ0n) is 55.5. The summed E-state index contributed by atoms with van der Waals surface area (Å²) in [6.07, 6.45) is 13.9. The summed E-state index contributed by atoms with van der Waals surface area (Å²) in [5.74, 6) is 0. The third kappa shape index (κ3) is 68.8. The molecule has 4 aromatic heterocycles. The predicted octanol–water partition coefficient (Wildman–Crippen LogP) is 24.3. The van der Waals surface area contributed by atoms with Gasteiger partial charge in [0.2, 0.25) is 0 Å². The van der Waals surface area contributed by atoms with Gasteiger partial charge in [-0.15, -0.1) is 15.3 Å². The van der Waals surface area contributed by atoms with E-state index in [9.17, 15) is 0 Å². The summed E-state index contributed by atoms with van der Waals surface area (Å²) in [6, 6.07) is 56.7. The standard InChI is InChI=1S/C10H8.2C9H7N.C6H6.C5H5N.C3H5N3.C2H3N3.13C2H6.CH4/c1-2-6-10-8-4-3-7-9(10)5-1;1-2-6-9-8(4-1)5-3-7-10-9;1-2-4-9-7-10-6-5-8(9)3-1;2*1-2-4-6-5-3-1;1-6-2-4-5-3-6;1-2-4-5-3-1;13*1-2;/h1-8H;2*1-7H;1-6H;1-5H;2-3H,1H3;1H,2H2;13*1-2H3;1H4. The van der Waals surface area contributed by atoms with Gasteiger partial charge in [0, 0.05) is 43.4 Å². The molecule has 0 atom stereocenters. The summed E-state index contributed by atoms with van der Waals surface area (Å²) >= 11 is 0. The number of rotatable bonds is 0. The van der Waals surface area contributed by atoms with Crippen molar-refractivity contribution in [3.8, 4) is 0 Å². The lowest BCUT2D eigenvalue weighted by atomic mass is 10.1. The fraction of sp³-hybridized carbons (Fsp3) is 0.408. The van der Waals surface area contributed by atoms with Crippen LogP contribution in [0.2, 0.25) is 0 Å². The summed E-state index contributed by atoms with van der Waals surface area (Å²) in [7, 11) is 1.88. The number of aryl methyl sites for hydroxylation is 1. The molecule has 9 nitrogen and oxygen atoms in total. The molecule has 0 spiro atoms. The van der Waals surface area contributed by atoms with Crippen molar-refractivity contribution in [3.05, 3.63) is 213 Å². The molecule has 5 heterocycles. The molecule has 0 fully saturated rings. The van der Waals surface area contributed by atoms with E-state index in [1.807, 2.05) is 303 Å². The van der Waals surface area contributed by atoms with Crippen LogP contribution >= 0.6 is 0 Å². The summed E-state index contributed by atoms with van der Waals surface area (Å²) in [6.45, 7) is 52.7. The fourth-order valence-electron chi connectivity index (χ4n) is 4.31. The lowest BCUT2D eigenvalue weighted by Crippen LogP contribution is -1.76. The van der Waals surface area contributed by atoms with Crippen LogP contribution < -0.4 is 0 Å². The molecule has 0 N–H and O–H groups in total. The molecule has 5 aromatic carbocycles. The normalized spacial score (nSPS) is 7.69. The molecule has 1 aliphatic heterocycles. The van der Waals surface area contributed by atoms with E-state index >= 15 is 0 Å². The van der Waals surface area contributed by atoms with Gasteiger partial charge in [-0.25, -0.2) is 0 Å². The van der Waals surface area contributed by atoms with Crippen molar-refractivity contribution in [1.29, 1.82) is 0 Å². The molecule has 0 bridgehead atoms. The van der Waals surface area contributed by atoms with Crippen molar-refractivity contribution < 1.29 is 0 Å². The minimum absolute atomic E-state index is 0. The third-order valence-electron chi connectivity index (χ3n) is 6.85. The Balaban J connectivity index is -0.0000000727. The van der Waals surface area contributed by atoms with Crippen molar-refractivity contribution >= 4 is 38.7 Å². The SMILES string of the molecule is C.C1=NN=NC1.CC.CC.CC.CC.CC.CC.CC.CC.CC.CC.CC.CC.CC.Cn1cnnc1.c1ccc2ccccc2c1.c1ccc2cnccc2c1.c1ccc2ncccc2c1.c1ccccc1.c1ccncc1. The molecule has 0 saturated carbocycles. The van der Waals surface area contributed by atoms with Crippen LogP contribution in [0, 0.1) is 0 Å². The van der Waals surface area contributed by atoms with Crippen LogP contribution in [0.4, 0.5) is 0 Å². The molecule has 9 heteroatoms. The van der Waals surface area contributed by atoms with Crippen LogP contribution in [0.1, 0.15) is 187 Å². The van der Waals surface area contributed by atoms with E-state index < -0.39 is 0 Å². The third-order valence-corrected chi connectivity index (χ3v) is 6.85. The molecule has 0 radical (unpaired) electrons. The quantitative estimate of drug-likeness (QED) is 0.150. The smallest absolute Gasteiger partial charge is 0.119 e. The van der Waals surface area contributed by atoms with Gasteiger partial charge in [-0.2, -0.15) is 5.11 Å². The molecule has 0 amide bonds. The van der Waals surface area contributed by atoms with E-state index in [-0.39, 0.29) is 7.43 Å². The number of nitrogens with zero attached hydrogens (tertiary/aromatic N) is 9. The van der Waals surface area contributed by atoms with Crippen molar-refractivity contribution in [2.45, 2.75) is 187 Å². The Morgan fingerprint density at radius 3 is 0.900 bits per heavy atom. The molecule has 10 rings (SSSR count). The van der Waals surface area contributed by atoms with E-state index in [0.717, 1.165) is 5.52 Å². The number of aromatic nitrogens is 6. The lowest BCUT2D eigenvalue weighted by Gasteiger charge is -1.92. The summed E-state index contributed by atoms with van der Waals surface area (Å²) < 4.78 is 1.78. The Kier molecular flexibility index (Phi) is 128. The Morgan fingerprint density at radius 1 is 0.312 bits per heavy atom. The molecular formula is C71H123N9. The second-order valence-corrected chi connectivity index (χ2v) is 10.8. The van der Waals surface area contributed by atoms with Crippen LogP contribution in [-0.4, -0.2) is 42.5 Å². The number of fused-ring (bicyclic) bond motifs is 3.